The van der Waals surface area contributed by atoms with Gasteiger partial charge in [-0.3, -0.25) is 4.98 Å². The molecule has 4 rings (SSSR count). The van der Waals surface area contributed by atoms with Crippen LogP contribution in [-0.4, -0.2) is 12.1 Å². The van der Waals surface area contributed by atoms with Crippen molar-refractivity contribution in [1.29, 1.82) is 0 Å². The molecule has 0 aliphatic carbocycles. The lowest BCUT2D eigenvalue weighted by molar-refractivity contribution is 0.415. The average molecular weight is 343 g/mol. The molecule has 3 nitrogen and oxygen atoms in total. The molecule has 2 heterocycles. The standard InChI is InChI=1S/C18H15ClN2OS/c1-22-17-7-6-11(8-14(17)19)20-18-12-4-2-3-5-15(12)21-16-10-23-9-13(16)18/h2-8H,9-10H2,1H3,(H,20,21). The van der Waals surface area contributed by atoms with E-state index in [1.165, 1.54) is 11.3 Å². The number of halogens is 1. The Balaban J connectivity index is 1.84. The number of nitrogens with one attached hydrogen (secondary N) is 1. The van der Waals surface area contributed by atoms with Gasteiger partial charge in [-0.2, -0.15) is 11.8 Å². The average Bonchev–Trinajstić information content (AvgIpc) is 3.03. The Morgan fingerprint density at radius 3 is 2.87 bits per heavy atom. The third-order valence-electron chi connectivity index (χ3n) is 3.99. The van der Waals surface area contributed by atoms with Crippen LogP contribution in [0, 0.1) is 0 Å². The number of hydrogen-bond acceptors (Lipinski definition) is 4. The van der Waals surface area contributed by atoms with Gasteiger partial charge in [-0.15, -0.1) is 0 Å². The Morgan fingerprint density at radius 2 is 2.04 bits per heavy atom. The van der Waals surface area contributed by atoms with Crippen LogP contribution >= 0.6 is 23.4 Å². The van der Waals surface area contributed by atoms with E-state index in [-0.39, 0.29) is 0 Å². The van der Waals surface area contributed by atoms with E-state index in [4.69, 9.17) is 21.3 Å². The first-order chi connectivity index (χ1) is 11.3. The van der Waals surface area contributed by atoms with Crippen LogP contribution in [0.25, 0.3) is 10.9 Å². The Hall–Kier alpha value is -1.91. The van der Waals surface area contributed by atoms with E-state index in [0.717, 1.165) is 33.8 Å². The summed E-state index contributed by atoms with van der Waals surface area (Å²) in [5, 5.41) is 5.28. The molecule has 5 heteroatoms. The number of nitrogens with zero attached hydrogens (tertiary/aromatic N) is 1. The second-order valence-corrected chi connectivity index (χ2v) is 6.79. The van der Waals surface area contributed by atoms with Gasteiger partial charge in [0, 0.05) is 28.1 Å². The topological polar surface area (TPSA) is 34.1 Å². The molecule has 1 aromatic heterocycles. The second-order valence-electron chi connectivity index (χ2n) is 5.40. The third kappa shape index (κ3) is 2.62. The highest BCUT2D eigenvalue weighted by Gasteiger charge is 2.20. The lowest BCUT2D eigenvalue weighted by Gasteiger charge is -2.15. The summed E-state index contributed by atoms with van der Waals surface area (Å²) in [7, 11) is 1.62. The first-order valence-corrected chi connectivity index (χ1v) is 8.88. The highest BCUT2D eigenvalue weighted by molar-refractivity contribution is 7.98. The number of aromatic nitrogens is 1. The largest absolute Gasteiger partial charge is 0.495 e. The molecule has 0 amide bonds. The van der Waals surface area contributed by atoms with Crippen LogP contribution in [0.2, 0.25) is 5.02 Å². The van der Waals surface area contributed by atoms with Crippen molar-refractivity contribution in [3.63, 3.8) is 0 Å². The Kier molecular flexibility index (Phi) is 3.79. The predicted molar refractivity (Wildman–Crippen MR) is 98.0 cm³/mol. The van der Waals surface area contributed by atoms with E-state index < -0.39 is 0 Å². The SMILES string of the molecule is COc1ccc(Nc2c3c(nc4ccccc24)CSC3)cc1Cl. The van der Waals surface area contributed by atoms with Gasteiger partial charge in [-0.25, -0.2) is 0 Å². The summed E-state index contributed by atoms with van der Waals surface area (Å²) < 4.78 is 5.22. The smallest absolute Gasteiger partial charge is 0.137 e. The number of para-hydroxylation sites is 1. The summed E-state index contributed by atoms with van der Waals surface area (Å²) in [4.78, 5) is 4.80. The van der Waals surface area contributed by atoms with Gasteiger partial charge in [0.2, 0.25) is 0 Å². The van der Waals surface area contributed by atoms with E-state index in [2.05, 4.69) is 17.4 Å². The number of ether oxygens (including phenoxy) is 1. The zero-order valence-corrected chi connectivity index (χ0v) is 14.2. The van der Waals surface area contributed by atoms with Gasteiger partial charge < -0.3 is 10.1 Å². The normalized spacial score (nSPS) is 13.1. The highest BCUT2D eigenvalue weighted by Crippen LogP contribution is 2.40. The van der Waals surface area contributed by atoms with Gasteiger partial charge in [-0.1, -0.05) is 29.8 Å². The molecular formula is C18H15ClN2OS. The Morgan fingerprint density at radius 1 is 1.17 bits per heavy atom. The first kappa shape index (κ1) is 14.7. The van der Waals surface area contributed by atoms with Crippen LogP contribution in [0.15, 0.2) is 42.5 Å². The third-order valence-corrected chi connectivity index (χ3v) is 5.25. The number of methoxy groups -OCH3 is 1. The highest BCUT2D eigenvalue weighted by atomic mass is 35.5. The lowest BCUT2D eigenvalue weighted by Crippen LogP contribution is -2.00. The van der Waals surface area contributed by atoms with Gasteiger partial charge >= 0.3 is 0 Å². The number of pyridine rings is 1. The molecule has 0 spiro atoms. The molecule has 0 unspecified atom stereocenters. The summed E-state index contributed by atoms with van der Waals surface area (Å²) >= 11 is 8.15. The van der Waals surface area contributed by atoms with Gasteiger partial charge in [0.15, 0.2) is 0 Å². The maximum atomic E-state index is 6.25. The number of fused-ring (bicyclic) bond motifs is 2. The van der Waals surface area contributed by atoms with E-state index in [9.17, 15) is 0 Å². The molecule has 1 aliphatic heterocycles. The molecule has 0 saturated heterocycles. The summed E-state index contributed by atoms with van der Waals surface area (Å²) in [6.07, 6.45) is 0. The first-order valence-electron chi connectivity index (χ1n) is 7.35. The monoisotopic (exact) mass is 342 g/mol. The van der Waals surface area contributed by atoms with Crippen LogP contribution in [-0.2, 0) is 11.5 Å². The van der Waals surface area contributed by atoms with Crippen LogP contribution in [0.4, 0.5) is 11.4 Å². The number of thioether (sulfide) groups is 1. The molecule has 1 aliphatic rings. The van der Waals surface area contributed by atoms with Crippen LogP contribution < -0.4 is 10.1 Å². The van der Waals surface area contributed by atoms with E-state index in [1.807, 2.05) is 42.1 Å². The zero-order chi connectivity index (χ0) is 15.8. The van der Waals surface area contributed by atoms with E-state index >= 15 is 0 Å². The van der Waals surface area contributed by atoms with E-state index in [0.29, 0.717) is 10.8 Å². The molecule has 0 bridgehead atoms. The molecule has 23 heavy (non-hydrogen) atoms. The molecule has 116 valence electrons. The summed E-state index contributed by atoms with van der Waals surface area (Å²) in [5.74, 6) is 2.63. The fraction of sp³-hybridized carbons (Fsp3) is 0.167. The molecule has 2 aromatic carbocycles. The molecule has 0 saturated carbocycles. The van der Waals surface area contributed by atoms with Crippen molar-refractivity contribution in [3.8, 4) is 5.75 Å². The van der Waals surface area contributed by atoms with Crippen molar-refractivity contribution >= 4 is 45.6 Å². The van der Waals surface area contributed by atoms with Crippen LogP contribution in [0.3, 0.4) is 0 Å². The molecule has 3 aromatic rings. The quantitative estimate of drug-likeness (QED) is 0.692. The summed E-state index contributed by atoms with van der Waals surface area (Å²) in [6.45, 7) is 0. The number of rotatable bonds is 3. The zero-order valence-electron chi connectivity index (χ0n) is 12.6. The fourth-order valence-electron chi connectivity index (χ4n) is 2.86. The molecule has 0 atom stereocenters. The molecule has 0 fully saturated rings. The van der Waals surface area contributed by atoms with Crippen molar-refractivity contribution in [2.24, 2.45) is 0 Å². The predicted octanol–water partition coefficient (Wildman–Crippen LogP) is 5.39. The number of anilines is 2. The van der Waals surface area contributed by atoms with Crippen molar-refractivity contribution in [1.82, 2.24) is 4.98 Å². The summed E-state index contributed by atoms with van der Waals surface area (Å²) in [6, 6.07) is 14.0. The minimum Gasteiger partial charge on any atom is -0.495 e. The minimum absolute atomic E-state index is 0.599. The van der Waals surface area contributed by atoms with Crippen LogP contribution in [0.1, 0.15) is 11.3 Å². The Bertz CT molecular complexity index is 898. The van der Waals surface area contributed by atoms with Crippen LogP contribution in [0.5, 0.6) is 5.75 Å². The van der Waals surface area contributed by atoms with Gasteiger partial charge in [-0.05, 0) is 24.3 Å². The van der Waals surface area contributed by atoms with Crippen molar-refractivity contribution in [3.05, 3.63) is 58.7 Å². The molecule has 0 radical (unpaired) electrons. The number of hydrogen-bond donors (Lipinski definition) is 1. The maximum Gasteiger partial charge on any atom is 0.137 e. The minimum atomic E-state index is 0.599. The van der Waals surface area contributed by atoms with Gasteiger partial charge in [0.1, 0.15) is 5.75 Å². The van der Waals surface area contributed by atoms with Crippen molar-refractivity contribution < 1.29 is 4.74 Å². The Labute approximate surface area is 144 Å². The molecule has 1 N–H and O–H groups in total. The van der Waals surface area contributed by atoms with Crippen molar-refractivity contribution in [2.75, 3.05) is 12.4 Å². The van der Waals surface area contributed by atoms with Crippen molar-refractivity contribution in [2.45, 2.75) is 11.5 Å². The summed E-state index contributed by atoms with van der Waals surface area (Å²) in [5.41, 5.74) is 5.58. The maximum absolute atomic E-state index is 6.25. The van der Waals surface area contributed by atoms with Gasteiger partial charge in [0.05, 0.1) is 29.0 Å². The molecular weight excluding hydrogens is 328 g/mol. The van der Waals surface area contributed by atoms with Gasteiger partial charge in [0.25, 0.3) is 0 Å². The lowest BCUT2D eigenvalue weighted by atomic mass is 10.1. The number of benzene rings is 2. The fourth-order valence-corrected chi connectivity index (χ4v) is 4.17. The van der Waals surface area contributed by atoms with E-state index in [1.54, 1.807) is 7.11 Å². The second kappa shape index (κ2) is 5.95.